The Morgan fingerprint density at radius 3 is 0.862 bits per heavy atom. The molecule has 0 bridgehead atoms. The van der Waals surface area contributed by atoms with Gasteiger partial charge in [0.1, 0.15) is 0 Å². The lowest BCUT2D eigenvalue weighted by Crippen LogP contribution is -2.11. The minimum Gasteiger partial charge on any atom is -0.310 e. The van der Waals surface area contributed by atoms with Crippen LogP contribution in [0, 0.1) is 20.8 Å². The van der Waals surface area contributed by atoms with Gasteiger partial charge >= 0.3 is 0 Å². The molecule has 0 fully saturated rings. The molecule has 7 nitrogen and oxygen atoms in total. The highest BCUT2D eigenvalue weighted by Crippen LogP contribution is 2.40. The van der Waals surface area contributed by atoms with Gasteiger partial charge in [-0.3, -0.25) is 15.0 Å². The number of aryl methyl sites for hydroxylation is 3. The second kappa shape index (κ2) is 15.8. The average Bonchev–Trinajstić information content (AvgIpc) is 3.28. The molecule has 6 heterocycles. The maximum atomic E-state index is 5.02. The molecule has 0 saturated carbocycles. The van der Waals surface area contributed by atoms with Gasteiger partial charge in [0.05, 0.1) is 51.2 Å². The molecule has 0 saturated heterocycles. The first kappa shape index (κ1) is 36.0. The van der Waals surface area contributed by atoms with E-state index in [1.807, 2.05) is 91.0 Å². The Morgan fingerprint density at radius 2 is 0.586 bits per heavy atom. The zero-order chi connectivity index (χ0) is 39.4. The quantitative estimate of drug-likeness (QED) is 0.145. The lowest BCUT2D eigenvalue weighted by Gasteiger charge is -2.28. The van der Waals surface area contributed by atoms with E-state index in [-0.39, 0.29) is 0 Å². The van der Waals surface area contributed by atoms with Crippen molar-refractivity contribution in [2.45, 2.75) is 20.8 Å². The summed E-state index contributed by atoms with van der Waals surface area (Å²) >= 11 is 0. The van der Waals surface area contributed by atoms with E-state index in [0.717, 1.165) is 102 Å². The molecular weight excluding hydrogens is 711 g/mol. The van der Waals surface area contributed by atoms with Gasteiger partial charge in [-0.1, -0.05) is 54.6 Å². The molecule has 0 aliphatic rings. The highest BCUT2D eigenvalue weighted by atomic mass is 15.1. The molecule has 0 radical (unpaired) electrons. The Kier molecular flexibility index (Phi) is 9.84. The smallest absolute Gasteiger partial charge is 0.0893 e. The summed E-state index contributed by atoms with van der Waals surface area (Å²) in [4.78, 5) is 31.0. The molecule has 3 aromatic carbocycles. The van der Waals surface area contributed by atoms with Crippen LogP contribution in [0.25, 0.3) is 67.9 Å². The molecule has 9 rings (SSSR count). The molecule has 0 spiro atoms. The molecule has 278 valence electrons. The summed E-state index contributed by atoms with van der Waals surface area (Å²) in [5, 5.41) is 0. The molecule has 0 atom stereocenters. The number of benzene rings is 3. The van der Waals surface area contributed by atoms with Crippen LogP contribution in [0.5, 0.6) is 0 Å². The van der Waals surface area contributed by atoms with E-state index in [0.29, 0.717) is 0 Å². The van der Waals surface area contributed by atoms with Crippen molar-refractivity contribution >= 4 is 17.1 Å². The zero-order valence-corrected chi connectivity index (χ0v) is 32.5. The van der Waals surface area contributed by atoms with Crippen LogP contribution in [-0.2, 0) is 0 Å². The Labute approximate surface area is 338 Å². The highest BCUT2D eigenvalue weighted by molar-refractivity contribution is 5.83. The van der Waals surface area contributed by atoms with E-state index in [9.17, 15) is 0 Å². The van der Waals surface area contributed by atoms with Gasteiger partial charge in [-0.2, -0.15) is 0 Å². The first-order valence-electron chi connectivity index (χ1n) is 19.3. The molecule has 0 unspecified atom stereocenters. The van der Waals surface area contributed by atoms with Crippen molar-refractivity contribution in [1.29, 1.82) is 0 Å². The van der Waals surface area contributed by atoms with E-state index in [1.165, 1.54) is 0 Å². The topological polar surface area (TPSA) is 80.6 Å². The maximum Gasteiger partial charge on any atom is 0.0893 e. The van der Waals surface area contributed by atoms with Crippen LogP contribution in [0.3, 0.4) is 0 Å². The van der Waals surface area contributed by atoms with Crippen LogP contribution in [0.2, 0.25) is 0 Å². The van der Waals surface area contributed by atoms with Crippen molar-refractivity contribution in [3.8, 4) is 67.9 Å². The average molecular weight is 750 g/mol. The van der Waals surface area contributed by atoms with Crippen molar-refractivity contribution in [1.82, 2.24) is 29.9 Å². The number of hydrogen-bond acceptors (Lipinski definition) is 7. The first-order chi connectivity index (χ1) is 28.5. The minimum atomic E-state index is 0.842. The Balaban J connectivity index is 1.12. The first-order valence-corrected chi connectivity index (χ1v) is 19.3. The summed E-state index contributed by atoms with van der Waals surface area (Å²) in [7, 11) is 0. The number of pyridine rings is 6. The standard InChI is InChI=1S/C51H39N7/c1-34-31-37(22-25-40(34)43-16-10-19-49(55-43)46-13-4-7-28-52-46)58(38-23-26-41(35(2)32-38)44-17-11-20-50(56-44)47-14-5-8-29-53-47)39-24-27-42(36(3)33-39)45-18-12-21-51(57-45)48-15-6-9-30-54-48/h4-33H,1-3H3. The van der Waals surface area contributed by atoms with Crippen molar-refractivity contribution in [2.75, 3.05) is 4.90 Å². The maximum absolute atomic E-state index is 5.02. The van der Waals surface area contributed by atoms with Crippen molar-refractivity contribution in [3.63, 3.8) is 0 Å². The Hall–Kier alpha value is -7.64. The van der Waals surface area contributed by atoms with E-state index >= 15 is 0 Å². The summed E-state index contributed by atoms with van der Waals surface area (Å²) in [5.41, 5.74) is 17.4. The monoisotopic (exact) mass is 749 g/mol. The number of aromatic nitrogens is 6. The molecule has 9 aromatic rings. The van der Waals surface area contributed by atoms with E-state index < -0.39 is 0 Å². The molecule has 58 heavy (non-hydrogen) atoms. The van der Waals surface area contributed by atoms with Crippen LogP contribution in [-0.4, -0.2) is 29.9 Å². The second-order valence-electron chi connectivity index (χ2n) is 14.2. The third-order valence-corrected chi connectivity index (χ3v) is 10.3. The van der Waals surface area contributed by atoms with Gasteiger partial charge in [-0.05, 0) is 147 Å². The van der Waals surface area contributed by atoms with Crippen LogP contribution < -0.4 is 4.90 Å². The molecule has 0 aliphatic carbocycles. The molecule has 0 N–H and O–H groups in total. The van der Waals surface area contributed by atoms with Crippen LogP contribution in [0.4, 0.5) is 17.1 Å². The van der Waals surface area contributed by atoms with Crippen molar-refractivity contribution in [2.24, 2.45) is 0 Å². The fourth-order valence-corrected chi connectivity index (χ4v) is 7.40. The predicted octanol–water partition coefficient (Wildman–Crippen LogP) is 12.5. The molecular formula is C51H39N7. The Morgan fingerprint density at radius 1 is 0.293 bits per heavy atom. The molecule has 0 amide bonds. The second-order valence-corrected chi connectivity index (χ2v) is 14.2. The fourth-order valence-electron chi connectivity index (χ4n) is 7.40. The van der Waals surface area contributed by atoms with Crippen LogP contribution in [0.15, 0.2) is 182 Å². The molecule has 0 aliphatic heterocycles. The summed E-state index contributed by atoms with van der Waals surface area (Å²) < 4.78 is 0. The van der Waals surface area contributed by atoms with Gasteiger partial charge < -0.3 is 4.90 Å². The van der Waals surface area contributed by atoms with E-state index in [2.05, 4.69) is 113 Å². The third kappa shape index (κ3) is 7.36. The number of nitrogens with zero attached hydrogens (tertiary/aromatic N) is 7. The van der Waals surface area contributed by atoms with Crippen molar-refractivity contribution < 1.29 is 0 Å². The predicted molar refractivity (Wildman–Crippen MR) is 235 cm³/mol. The summed E-state index contributed by atoms with van der Waals surface area (Å²) in [6.45, 7) is 6.44. The Bertz CT molecular complexity index is 2560. The van der Waals surface area contributed by atoms with Gasteiger partial charge in [0.2, 0.25) is 0 Å². The lowest BCUT2D eigenvalue weighted by atomic mass is 9.99. The summed E-state index contributed by atoms with van der Waals surface area (Å²) in [6, 6.07) is 55.8. The van der Waals surface area contributed by atoms with Gasteiger partial charge in [0, 0.05) is 52.3 Å². The summed E-state index contributed by atoms with van der Waals surface area (Å²) in [6.07, 6.45) is 5.39. The van der Waals surface area contributed by atoms with Gasteiger partial charge in [-0.25, -0.2) is 15.0 Å². The molecule has 7 heteroatoms. The molecule has 6 aromatic heterocycles. The van der Waals surface area contributed by atoms with Gasteiger partial charge in [0.25, 0.3) is 0 Å². The van der Waals surface area contributed by atoms with E-state index in [1.54, 1.807) is 18.6 Å². The fraction of sp³-hybridized carbons (Fsp3) is 0.0588. The number of anilines is 3. The van der Waals surface area contributed by atoms with Gasteiger partial charge in [-0.15, -0.1) is 0 Å². The normalized spacial score (nSPS) is 11.0. The third-order valence-electron chi connectivity index (χ3n) is 10.3. The minimum absolute atomic E-state index is 0.842. The largest absolute Gasteiger partial charge is 0.310 e. The SMILES string of the molecule is Cc1cc(N(c2ccc(-c3cccc(-c4ccccn4)n3)c(C)c2)c2ccc(-c3cccc(-c4ccccn4)n3)c(C)c2)ccc1-c1cccc(-c2ccccn2)n1. The zero-order valence-electron chi connectivity index (χ0n) is 32.5. The van der Waals surface area contributed by atoms with Crippen LogP contribution in [0.1, 0.15) is 16.7 Å². The number of rotatable bonds is 9. The summed E-state index contributed by atoms with van der Waals surface area (Å²) in [5.74, 6) is 0. The lowest BCUT2D eigenvalue weighted by molar-refractivity contribution is 1.22. The number of hydrogen-bond donors (Lipinski definition) is 0. The highest BCUT2D eigenvalue weighted by Gasteiger charge is 2.19. The van der Waals surface area contributed by atoms with Gasteiger partial charge in [0.15, 0.2) is 0 Å². The van der Waals surface area contributed by atoms with E-state index in [4.69, 9.17) is 15.0 Å². The van der Waals surface area contributed by atoms with Crippen molar-refractivity contribution in [3.05, 3.63) is 199 Å². The van der Waals surface area contributed by atoms with Crippen LogP contribution >= 0.6 is 0 Å².